The largest absolute Gasteiger partial charge is 0.504 e. The first kappa shape index (κ1) is 31.1. The van der Waals surface area contributed by atoms with E-state index < -0.39 is 40.1 Å². The molecule has 0 saturated heterocycles. The number of aldehydes is 1. The van der Waals surface area contributed by atoms with E-state index in [-0.39, 0.29) is 17.9 Å². The molecule has 0 fully saturated rings. The van der Waals surface area contributed by atoms with Gasteiger partial charge in [0, 0.05) is 12.6 Å². The van der Waals surface area contributed by atoms with Gasteiger partial charge in [-0.05, 0) is 63.1 Å². The number of benzene rings is 2. The van der Waals surface area contributed by atoms with E-state index in [1.807, 2.05) is 6.07 Å². The van der Waals surface area contributed by atoms with Crippen LogP contribution in [0.2, 0.25) is 5.02 Å². The smallest absolute Gasteiger partial charge is 0.314 e. The zero-order valence-electron chi connectivity index (χ0n) is 20.9. The van der Waals surface area contributed by atoms with Gasteiger partial charge < -0.3 is 35.7 Å². The summed E-state index contributed by atoms with van der Waals surface area (Å²) in [5, 5.41) is 39.0. The van der Waals surface area contributed by atoms with Gasteiger partial charge in [0.05, 0.1) is 23.1 Å². The molecule has 12 nitrogen and oxygen atoms in total. The molecule has 2 atom stereocenters. The summed E-state index contributed by atoms with van der Waals surface area (Å²) in [5.41, 5.74) is 0.503. The highest BCUT2D eigenvalue weighted by atomic mass is 35.5. The number of carbonyl (C=O) groups excluding carboxylic acids is 3. The molecule has 0 aromatic heterocycles. The minimum Gasteiger partial charge on any atom is -0.504 e. The number of nitro groups is 1. The molecule has 5 N–H and O–H groups in total. The topological polar surface area (TPSA) is 180 Å². The van der Waals surface area contributed by atoms with Gasteiger partial charge in [-0.15, -0.1) is 0 Å². The zero-order valence-corrected chi connectivity index (χ0v) is 21.7. The average molecular weight is 539 g/mol. The van der Waals surface area contributed by atoms with E-state index in [9.17, 15) is 29.9 Å². The number of methoxy groups -OCH3 is 1. The molecular formula is C24H31ClN4O8. The number of phenolic OH excluding ortho intramolecular Hbond substituents is 2. The molecule has 37 heavy (non-hydrogen) atoms. The maximum absolute atomic E-state index is 12.6. The Morgan fingerprint density at radius 1 is 1.19 bits per heavy atom. The molecule has 0 radical (unpaired) electrons. The lowest BCUT2D eigenvalue weighted by Gasteiger charge is -2.20. The van der Waals surface area contributed by atoms with Crippen LogP contribution in [0, 0.1) is 10.1 Å². The number of hydrogen-bond acceptors (Lipinski definition) is 9. The fraction of sp³-hybridized carbons (Fsp3) is 0.375. The predicted molar refractivity (Wildman–Crippen MR) is 137 cm³/mol. The van der Waals surface area contributed by atoms with Crippen LogP contribution < -0.4 is 20.7 Å². The monoisotopic (exact) mass is 538 g/mol. The van der Waals surface area contributed by atoms with Crippen LogP contribution in [0.15, 0.2) is 30.3 Å². The van der Waals surface area contributed by atoms with Crippen molar-refractivity contribution in [2.75, 3.05) is 20.7 Å². The van der Waals surface area contributed by atoms with Crippen LogP contribution in [0.1, 0.15) is 25.0 Å². The van der Waals surface area contributed by atoms with E-state index in [1.165, 1.54) is 28.0 Å². The van der Waals surface area contributed by atoms with Crippen LogP contribution in [-0.2, 0) is 27.2 Å². The standard InChI is InChI=1S/C22H27ClN4O7.C2H4O/c1-12(21(30)25-7-6-13-4-5-15(23)19(11-13)34-3)26-22(31)16(24-2)8-14-9-17(27(32)33)20(29)18(28)10-14;1-2-3/h4-5,9-12,16,24,28-29H,6-8H2,1-3H3,(H,25,30)(H,26,31);2H,1H3/t12-,16?;/m0./s1. The van der Waals surface area contributed by atoms with E-state index in [2.05, 4.69) is 16.0 Å². The van der Waals surface area contributed by atoms with Crippen LogP contribution in [0.3, 0.4) is 0 Å². The molecule has 202 valence electrons. The molecule has 0 saturated carbocycles. The third kappa shape index (κ3) is 9.58. The second-order valence-corrected chi connectivity index (χ2v) is 8.17. The van der Waals surface area contributed by atoms with Gasteiger partial charge >= 0.3 is 5.69 Å². The van der Waals surface area contributed by atoms with Gasteiger partial charge in [0.1, 0.15) is 18.1 Å². The number of phenols is 2. The Balaban J connectivity index is 0.00000217. The van der Waals surface area contributed by atoms with Crippen LogP contribution in [0.5, 0.6) is 17.2 Å². The van der Waals surface area contributed by atoms with Crippen LogP contribution in [-0.4, -0.2) is 66.0 Å². The van der Waals surface area contributed by atoms with Crippen LogP contribution in [0.25, 0.3) is 0 Å². The van der Waals surface area contributed by atoms with E-state index in [0.29, 0.717) is 23.7 Å². The van der Waals surface area contributed by atoms with Gasteiger partial charge in [-0.25, -0.2) is 0 Å². The predicted octanol–water partition coefficient (Wildman–Crippen LogP) is 1.87. The molecule has 2 amide bonds. The highest BCUT2D eigenvalue weighted by Gasteiger charge is 2.25. The first-order valence-electron chi connectivity index (χ1n) is 11.2. The first-order chi connectivity index (χ1) is 17.5. The van der Waals surface area contributed by atoms with Gasteiger partial charge in [0.25, 0.3) is 0 Å². The number of likely N-dealkylation sites (N-methyl/N-ethyl adjacent to an activating group) is 1. The van der Waals surface area contributed by atoms with Crippen molar-refractivity contribution >= 4 is 35.4 Å². The lowest BCUT2D eigenvalue weighted by Crippen LogP contribution is -2.51. The number of aromatic hydroxyl groups is 2. The van der Waals surface area contributed by atoms with Gasteiger partial charge in [-0.2, -0.15) is 0 Å². The lowest BCUT2D eigenvalue weighted by molar-refractivity contribution is -0.386. The number of nitrogens with zero attached hydrogens (tertiary/aromatic N) is 1. The van der Waals surface area contributed by atoms with Crippen molar-refractivity contribution in [2.24, 2.45) is 0 Å². The molecule has 1 unspecified atom stereocenters. The van der Waals surface area contributed by atoms with Crippen molar-refractivity contribution in [1.82, 2.24) is 16.0 Å². The molecule has 0 bridgehead atoms. The Bertz CT molecular complexity index is 1110. The average Bonchev–Trinajstić information content (AvgIpc) is 2.85. The Morgan fingerprint density at radius 3 is 2.41 bits per heavy atom. The van der Waals surface area contributed by atoms with E-state index >= 15 is 0 Å². The maximum atomic E-state index is 12.6. The molecule has 2 aromatic carbocycles. The second-order valence-electron chi connectivity index (χ2n) is 7.76. The van der Waals surface area contributed by atoms with Crippen molar-refractivity contribution in [3.05, 3.63) is 56.6 Å². The summed E-state index contributed by atoms with van der Waals surface area (Å²) in [6.45, 7) is 3.30. The van der Waals surface area contributed by atoms with E-state index in [4.69, 9.17) is 21.1 Å². The quantitative estimate of drug-likeness (QED) is 0.123. The zero-order chi connectivity index (χ0) is 28.1. The Hall–Kier alpha value is -3.90. The Labute approximate surface area is 219 Å². The number of rotatable bonds is 11. The minimum absolute atomic E-state index is 0.0241. The number of nitro benzene ring substituents is 1. The molecule has 13 heteroatoms. The number of amides is 2. The lowest BCUT2D eigenvalue weighted by atomic mass is 10.0. The number of halogens is 1. The molecule has 2 rings (SSSR count). The van der Waals surface area contributed by atoms with Crippen molar-refractivity contribution in [3.8, 4) is 17.2 Å². The molecule has 0 aliphatic carbocycles. The normalized spacial score (nSPS) is 11.8. The molecule has 0 heterocycles. The molecular weight excluding hydrogens is 508 g/mol. The van der Waals surface area contributed by atoms with E-state index in [0.717, 1.165) is 24.0 Å². The number of nitrogens with one attached hydrogen (secondary N) is 3. The number of hydrogen-bond donors (Lipinski definition) is 5. The van der Waals surface area contributed by atoms with Gasteiger partial charge in [-0.1, -0.05) is 17.7 Å². The minimum atomic E-state index is -0.847. The second kappa shape index (κ2) is 15.3. The summed E-state index contributed by atoms with van der Waals surface area (Å²) >= 11 is 6.00. The molecule has 0 aliphatic rings. The Morgan fingerprint density at radius 2 is 1.84 bits per heavy atom. The van der Waals surface area contributed by atoms with Crippen molar-refractivity contribution in [1.29, 1.82) is 0 Å². The van der Waals surface area contributed by atoms with Crippen molar-refractivity contribution in [3.63, 3.8) is 0 Å². The molecule has 0 aliphatic heterocycles. The van der Waals surface area contributed by atoms with Crippen molar-refractivity contribution < 1.29 is 34.3 Å². The fourth-order valence-corrected chi connectivity index (χ4v) is 3.40. The third-order valence-corrected chi connectivity index (χ3v) is 5.42. The summed E-state index contributed by atoms with van der Waals surface area (Å²) in [4.78, 5) is 44.0. The van der Waals surface area contributed by atoms with Gasteiger partial charge in [0.2, 0.25) is 17.6 Å². The summed E-state index contributed by atoms with van der Waals surface area (Å²) in [6, 6.07) is 5.84. The van der Waals surface area contributed by atoms with Crippen LogP contribution in [0.4, 0.5) is 5.69 Å². The van der Waals surface area contributed by atoms with Gasteiger partial charge in [0.15, 0.2) is 5.75 Å². The molecule has 2 aromatic rings. The Kier molecular flexibility index (Phi) is 12.8. The van der Waals surface area contributed by atoms with Crippen LogP contribution >= 0.6 is 11.6 Å². The first-order valence-corrected chi connectivity index (χ1v) is 11.5. The summed E-state index contributed by atoms with van der Waals surface area (Å²) in [5.74, 6) is -1.87. The van der Waals surface area contributed by atoms with E-state index in [1.54, 1.807) is 12.1 Å². The maximum Gasteiger partial charge on any atom is 0.314 e. The highest BCUT2D eigenvalue weighted by Crippen LogP contribution is 2.36. The SMILES string of the molecule is CC=O.CNC(Cc1cc(O)c(O)c([N+](=O)[O-])c1)C(=O)N[C@@H](C)C(=O)NCCc1ccc(Cl)c(OC)c1. The fourth-order valence-electron chi connectivity index (χ4n) is 3.20. The number of ether oxygens (including phenoxy) is 1. The summed E-state index contributed by atoms with van der Waals surface area (Å²) in [6.07, 6.45) is 1.26. The molecule has 0 spiro atoms. The van der Waals surface area contributed by atoms with Gasteiger partial charge in [-0.3, -0.25) is 19.7 Å². The third-order valence-electron chi connectivity index (χ3n) is 5.11. The number of carbonyl (C=O) groups is 3. The highest BCUT2D eigenvalue weighted by molar-refractivity contribution is 6.32. The summed E-state index contributed by atoms with van der Waals surface area (Å²) in [7, 11) is 3.03. The van der Waals surface area contributed by atoms with Crippen molar-refractivity contribution in [2.45, 2.75) is 38.8 Å². The summed E-state index contributed by atoms with van der Waals surface area (Å²) < 4.78 is 5.17.